The number of thiazole rings is 1. The van der Waals surface area contributed by atoms with Gasteiger partial charge in [-0.3, -0.25) is 4.79 Å². The highest BCUT2D eigenvalue weighted by Crippen LogP contribution is 2.18. The zero-order valence-electron chi connectivity index (χ0n) is 11.0. The van der Waals surface area contributed by atoms with Crippen LogP contribution in [-0.2, 0) is 0 Å². The lowest BCUT2D eigenvalue weighted by Gasteiger charge is -2.13. The molecule has 2 aromatic rings. The van der Waals surface area contributed by atoms with E-state index in [2.05, 4.69) is 32.9 Å². The monoisotopic (exact) mass is 386 g/mol. The molecule has 1 amide bonds. The van der Waals surface area contributed by atoms with Crippen molar-refractivity contribution in [2.45, 2.75) is 26.8 Å². The van der Waals surface area contributed by atoms with Crippen molar-refractivity contribution >= 4 is 39.8 Å². The first-order valence-electron chi connectivity index (χ1n) is 5.96. The summed E-state index contributed by atoms with van der Waals surface area (Å²) in [4.78, 5) is 16.7. The van der Waals surface area contributed by atoms with Crippen molar-refractivity contribution in [2.75, 3.05) is 0 Å². The van der Waals surface area contributed by atoms with Crippen LogP contribution in [0.5, 0.6) is 0 Å². The van der Waals surface area contributed by atoms with Gasteiger partial charge in [-0.2, -0.15) is 0 Å². The van der Waals surface area contributed by atoms with Crippen molar-refractivity contribution in [3.8, 4) is 0 Å². The highest BCUT2D eigenvalue weighted by Gasteiger charge is 2.15. The maximum Gasteiger partial charge on any atom is 0.252 e. The Kier molecular flexibility index (Phi) is 4.57. The zero-order valence-corrected chi connectivity index (χ0v) is 14.0. The van der Waals surface area contributed by atoms with Gasteiger partial charge in [0.05, 0.1) is 22.3 Å². The smallest absolute Gasteiger partial charge is 0.252 e. The second-order valence-electron chi connectivity index (χ2n) is 4.47. The Labute approximate surface area is 130 Å². The predicted molar refractivity (Wildman–Crippen MR) is 86.6 cm³/mol. The van der Waals surface area contributed by atoms with Crippen LogP contribution in [0.2, 0.25) is 0 Å². The third-order valence-corrected chi connectivity index (χ3v) is 4.53. The molecule has 0 saturated heterocycles. The summed E-state index contributed by atoms with van der Waals surface area (Å²) in [6.45, 7) is 5.90. The summed E-state index contributed by atoms with van der Waals surface area (Å²) < 4.78 is 0.961. The summed E-state index contributed by atoms with van der Waals surface area (Å²) in [5.74, 6) is -0.0498. The number of hydrogen-bond acceptors (Lipinski definition) is 3. The van der Waals surface area contributed by atoms with Crippen LogP contribution in [0, 0.1) is 17.4 Å². The summed E-state index contributed by atoms with van der Waals surface area (Å²) in [7, 11) is 0. The van der Waals surface area contributed by atoms with Crippen molar-refractivity contribution in [2.24, 2.45) is 0 Å². The molecule has 100 valence electrons. The quantitative estimate of drug-likeness (QED) is 0.815. The second-order valence-corrected chi connectivity index (χ2v) is 6.69. The molecule has 1 unspecified atom stereocenters. The third kappa shape index (κ3) is 3.54. The first-order valence-corrected chi connectivity index (χ1v) is 7.92. The molecule has 3 nitrogen and oxygen atoms in total. The fourth-order valence-electron chi connectivity index (χ4n) is 1.74. The van der Waals surface area contributed by atoms with E-state index >= 15 is 0 Å². The lowest BCUT2D eigenvalue weighted by molar-refractivity contribution is 0.0938. The van der Waals surface area contributed by atoms with Gasteiger partial charge in [-0.15, -0.1) is 11.3 Å². The molecule has 0 saturated carbocycles. The number of rotatable bonds is 3. The van der Waals surface area contributed by atoms with Crippen molar-refractivity contribution in [3.63, 3.8) is 0 Å². The molecule has 0 radical (unpaired) electrons. The summed E-state index contributed by atoms with van der Waals surface area (Å²) in [6.07, 6.45) is 0. The van der Waals surface area contributed by atoms with Crippen LogP contribution in [0.15, 0.2) is 23.6 Å². The molecule has 2 rings (SSSR count). The number of benzene rings is 1. The van der Waals surface area contributed by atoms with Crippen LogP contribution in [0.25, 0.3) is 0 Å². The normalized spacial score (nSPS) is 12.2. The van der Waals surface area contributed by atoms with Crippen LogP contribution in [-0.4, -0.2) is 10.9 Å². The Morgan fingerprint density at radius 2 is 2.16 bits per heavy atom. The van der Waals surface area contributed by atoms with E-state index in [0.717, 1.165) is 25.4 Å². The Hall–Kier alpha value is -0.950. The number of amides is 1. The molecule has 19 heavy (non-hydrogen) atoms. The SMILES string of the molecule is Cc1ccc(I)c(C(=O)NC(C)c2csc(C)n2)c1. The van der Waals surface area contributed by atoms with Gasteiger partial charge in [0.25, 0.3) is 5.91 Å². The number of halogens is 1. The standard InChI is InChI=1S/C14H15IN2OS/c1-8-4-5-12(15)11(6-8)14(18)16-9(2)13-7-19-10(3)17-13/h4-7,9H,1-3H3,(H,16,18). The van der Waals surface area contributed by atoms with Gasteiger partial charge in [-0.1, -0.05) is 11.6 Å². The highest BCUT2D eigenvalue weighted by molar-refractivity contribution is 14.1. The Morgan fingerprint density at radius 1 is 1.42 bits per heavy atom. The number of nitrogens with one attached hydrogen (secondary N) is 1. The molecule has 1 heterocycles. The second kappa shape index (κ2) is 6.00. The molecule has 0 bridgehead atoms. The molecule has 0 aliphatic heterocycles. The Bertz CT molecular complexity index is 609. The van der Waals surface area contributed by atoms with Crippen LogP contribution < -0.4 is 5.32 Å². The minimum Gasteiger partial charge on any atom is -0.344 e. The van der Waals surface area contributed by atoms with Gasteiger partial charge in [-0.25, -0.2) is 4.98 Å². The van der Waals surface area contributed by atoms with Crippen molar-refractivity contribution < 1.29 is 4.79 Å². The summed E-state index contributed by atoms with van der Waals surface area (Å²) in [6, 6.07) is 5.80. The van der Waals surface area contributed by atoms with Crippen molar-refractivity contribution in [3.05, 3.63) is 49.0 Å². The number of carbonyl (C=O) groups excluding carboxylic acids is 1. The topological polar surface area (TPSA) is 42.0 Å². The molecule has 0 fully saturated rings. The number of aryl methyl sites for hydroxylation is 2. The number of hydrogen-bond donors (Lipinski definition) is 1. The van der Waals surface area contributed by atoms with Gasteiger partial charge >= 0.3 is 0 Å². The average Bonchev–Trinajstić information content (AvgIpc) is 2.79. The Morgan fingerprint density at radius 3 is 2.79 bits per heavy atom. The minimum absolute atomic E-state index is 0.0498. The van der Waals surface area contributed by atoms with E-state index in [0.29, 0.717) is 0 Å². The molecule has 1 N–H and O–H groups in total. The van der Waals surface area contributed by atoms with Gasteiger partial charge in [0, 0.05) is 8.95 Å². The summed E-state index contributed by atoms with van der Waals surface area (Å²) in [5, 5.41) is 6.00. The average molecular weight is 386 g/mol. The van der Waals surface area contributed by atoms with E-state index < -0.39 is 0 Å². The van der Waals surface area contributed by atoms with Gasteiger partial charge in [-0.05, 0) is 55.5 Å². The molecule has 1 aromatic heterocycles. The van der Waals surface area contributed by atoms with Crippen LogP contribution >= 0.6 is 33.9 Å². The summed E-state index contributed by atoms with van der Waals surface area (Å²) in [5.41, 5.74) is 2.72. The molecule has 0 aliphatic carbocycles. The fourth-order valence-corrected chi connectivity index (χ4v) is 3.03. The first kappa shape index (κ1) is 14.5. The van der Waals surface area contributed by atoms with E-state index in [1.807, 2.05) is 44.4 Å². The third-order valence-electron chi connectivity index (χ3n) is 2.79. The van der Waals surface area contributed by atoms with Gasteiger partial charge < -0.3 is 5.32 Å². The molecule has 5 heteroatoms. The number of aromatic nitrogens is 1. The Balaban J connectivity index is 2.15. The van der Waals surface area contributed by atoms with Crippen molar-refractivity contribution in [1.29, 1.82) is 0 Å². The van der Waals surface area contributed by atoms with Crippen LogP contribution in [0.3, 0.4) is 0 Å². The van der Waals surface area contributed by atoms with E-state index in [9.17, 15) is 4.79 Å². The van der Waals surface area contributed by atoms with E-state index in [4.69, 9.17) is 0 Å². The maximum absolute atomic E-state index is 12.3. The van der Waals surface area contributed by atoms with Gasteiger partial charge in [0.2, 0.25) is 0 Å². The highest BCUT2D eigenvalue weighted by atomic mass is 127. The number of nitrogens with zero attached hydrogens (tertiary/aromatic N) is 1. The maximum atomic E-state index is 12.3. The van der Waals surface area contributed by atoms with Gasteiger partial charge in [0.15, 0.2) is 0 Å². The lowest BCUT2D eigenvalue weighted by Crippen LogP contribution is -2.27. The van der Waals surface area contributed by atoms with Gasteiger partial charge in [0.1, 0.15) is 0 Å². The van der Waals surface area contributed by atoms with Crippen LogP contribution in [0.4, 0.5) is 0 Å². The van der Waals surface area contributed by atoms with E-state index in [1.54, 1.807) is 11.3 Å². The molecule has 1 aromatic carbocycles. The zero-order chi connectivity index (χ0) is 14.0. The molecule has 1 atom stereocenters. The number of carbonyl (C=O) groups is 1. The predicted octanol–water partition coefficient (Wildman–Crippen LogP) is 3.86. The van der Waals surface area contributed by atoms with Crippen molar-refractivity contribution in [1.82, 2.24) is 10.3 Å². The fraction of sp³-hybridized carbons (Fsp3) is 0.286. The lowest BCUT2D eigenvalue weighted by atomic mass is 10.1. The first-order chi connectivity index (χ1) is 8.97. The van der Waals surface area contributed by atoms with Crippen LogP contribution in [0.1, 0.15) is 39.6 Å². The van der Waals surface area contributed by atoms with E-state index in [-0.39, 0.29) is 11.9 Å². The summed E-state index contributed by atoms with van der Waals surface area (Å²) >= 11 is 3.78. The molecular weight excluding hydrogens is 371 g/mol. The largest absolute Gasteiger partial charge is 0.344 e. The molecule has 0 aliphatic rings. The molecular formula is C14H15IN2OS. The minimum atomic E-state index is -0.0752. The van der Waals surface area contributed by atoms with E-state index in [1.165, 1.54) is 0 Å². The molecule has 0 spiro atoms.